The lowest BCUT2D eigenvalue weighted by Gasteiger charge is -2.26. The summed E-state index contributed by atoms with van der Waals surface area (Å²) >= 11 is 0. The van der Waals surface area contributed by atoms with Crippen LogP contribution in [0.2, 0.25) is 0 Å². The molecular formula is C23H23N3O3. The molecule has 0 aliphatic carbocycles. The lowest BCUT2D eigenvalue weighted by molar-refractivity contribution is -0.140. The third-order valence-corrected chi connectivity index (χ3v) is 5.29. The number of nitrogens with zero attached hydrogens (tertiary/aromatic N) is 2. The molecule has 3 aromatic rings. The number of aliphatic hydroxyl groups excluding tert-OH is 1. The third-order valence-electron chi connectivity index (χ3n) is 5.29. The van der Waals surface area contributed by atoms with Crippen molar-refractivity contribution in [3.05, 3.63) is 77.5 Å². The van der Waals surface area contributed by atoms with Gasteiger partial charge in [0.25, 0.3) is 11.7 Å². The number of hydrogen-bond donors (Lipinski definition) is 2. The molecule has 0 radical (unpaired) electrons. The molecule has 2 heterocycles. The van der Waals surface area contributed by atoms with Gasteiger partial charge in [0.05, 0.1) is 11.6 Å². The number of benzene rings is 2. The molecule has 1 aromatic heterocycles. The number of para-hydroxylation sites is 1. The summed E-state index contributed by atoms with van der Waals surface area (Å²) in [5.74, 6) is -1.38. The summed E-state index contributed by atoms with van der Waals surface area (Å²) in [5, 5.41) is 12.0. The SMILES string of the molecule is CN(C)CCN1C(=O)C(=O)C(=C(O)c2c[nH]c3ccccc23)C1c1ccccc1. The minimum Gasteiger partial charge on any atom is -0.507 e. The van der Waals surface area contributed by atoms with E-state index in [-0.39, 0.29) is 11.3 Å². The van der Waals surface area contributed by atoms with Crippen molar-refractivity contribution >= 4 is 28.4 Å². The lowest BCUT2D eigenvalue weighted by Crippen LogP contribution is -2.35. The topological polar surface area (TPSA) is 76.6 Å². The number of nitrogens with one attached hydrogen (secondary N) is 1. The zero-order chi connectivity index (χ0) is 20.5. The molecule has 2 N–H and O–H groups in total. The van der Waals surface area contributed by atoms with E-state index in [0.29, 0.717) is 18.7 Å². The molecule has 1 saturated heterocycles. The van der Waals surface area contributed by atoms with Crippen LogP contribution in [0, 0.1) is 0 Å². The fraction of sp³-hybridized carbons (Fsp3) is 0.217. The zero-order valence-corrected chi connectivity index (χ0v) is 16.4. The first-order valence-corrected chi connectivity index (χ1v) is 9.53. The largest absolute Gasteiger partial charge is 0.507 e. The number of likely N-dealkylation sites (tertiary alicyclic amines) is 1. The minimum atomic E-state index is -0.652. The number of fused-ring (bicyclic) bond motifs is 1. The molecule has 29 heavy (non-hydrogen) atoms. The number of aromatic nitrogens is 1. The van der Waals surface area contributed by atoms with Gasteiger partial charge in [-0.25, -0.2) is 0 Å². The highest BCUT2D eigenvalue weighted by molar-refractivity contribution is 6.46. The van der Waals surface area contributed by atoms with Crippen LogP contribution in [0.3, 0.4) is 0 Å². The number of H-pyrrole nitrogens is 1. The molecule has 2 aromatic carbocycles. The Labute approximate surface area is 169 Å². The highest BCUT2D eigenvalue weighted by Gasteiger charge is 2.46. The quantitative estimate of drug-likeness (QED) is 0.399. The van der Waals surface area contributed by atoms with Crippen LogP contribution in [0.4, 0.5) is 0 Å². The molecule has 148 valence electrons. The number of likely N-dealkylation sites (N-methyl/N-ethyl adjacent to an activating group) is 1. The van der Waals surface area contributed by atoms with Crippen LogP contribution in [0.1, 0.15) is 17.2 Å². The Morgan fingerprint density at radius 3 is 2.48 bits per heavy atom. The number of amides is 1. The fourth-order valence-corrected chi connectivity index (χ4v) is 3.81. The number of carbonyl (C=O) groups is 2. The molecule has 4 rings (SSSR count). The van der Waals surface area contributed by atoms with Gasteiger partial charge in [-0.05, 0) is 25.7 Å². The number of rotatable bonds is 5. The van der Waals surface area contributed by atoms with E-state index >= 15 is 0 Å². The van der Waals surface area contributed by atoms with Crippen LogP contribution in [0.15, 0.2) is 66.4 Å². The molecular weight excluding hydrogens is 366 g/mol. The molecule has 1 unspecified atom stereocenters. The van der Waals surface area contributed by atoms with Crippen molar-refractivity contribution in [3.63, 3.8) is 0 Å². The second-order valence-corrected chi connectivity index (χ2v) is 7.45. The zero-order valence-electron chi connectivity index (χ0n) is 16.4. The average molecular weight is 389 g/mol. The van der Waals surface area contributed by atoms with Gasteiger partial charge in [-0.1, -0.05) is 48.5 Å². The van der Waals surface area contributed by atoms with E-state index in [0.717, 1.165) is 16.5 Å². The van der Waals surface area contributed by atoms with Crippen LogP contribution >= 0.6 is 0 Å². The fourth-order valence-electron chi connectivity index (χ4n) is 3.81. The van der Waals surface area contributed by atoms with E-state index < -0.39 is 17.7 Å². The highest BCUT2D eigenvalue weighted by Crippen LogP contribution is 2.40. The minimum absolute atomic E-state index is 0.129. The summed E-state index contributed by atoms with van der Waals surface area (Å²) in [5.41, 5.74) is 2.30. The molecule has 1 amide bonds. The Hall–Kier alpha value is -3.38. The van der Waals surface area contributed by atoms with E-state index in [1.807, 2.05) is 73.6 Å². The lowest BCUT2D eigenvalue weighted by atomic mass is 9.95. The number of hydrogen-bond acceptors (Lipinski definition) is 4. The van der Waals surface area contributed by atoms with Crippen LogP contribution < -0.4 is 0 Å². The van der Waals surface area contributed by atoms with E-state index in [1.165, 1.54) is 0 Å². The van der Waals surface area contributed by atoms with Gasteiger partial charge in [-0.3, -0.25) is 9.59 Å². The van der Waals surface area contributed by atoms with Gasteiger partial charge < -0.3 is 19.9 Å². The first-order chi connectivity index (χ1) is 14.0. The Kier molecular flexibility index (Phi) is 4.94. The van der Waals surface area contributed by atoms with E-state index in [2.05, 4.69) is 4.98 Å². The van der Waals surface area contributed by atoms with Crippen LogP contribution in [-0.2, 0) is 9.59 Å². The summed E-state index contributed by atoms with van der Waals surface area (Å²) < 4.78 is 0. The summed E-state index contributed by atoms with van der Waals surface area (Å²) in [7, 11) is 3.83. The molecule has 0 spiro atoms. The van der Waals surface area contributed by atoms with Crippen LogP contribution in [0.5, 0.6) is 0 Å². The van der Waals surface area contributed by atoms with Gasteiger partial charge in [0, 0.05) is 35.8 Å². The first kappa shape index (κ1) is 19.0. The average Bonchev–Trinajstić information content (AvgIpc) is 3.26. The van der Waals surface area contributed by atoms with Crippen molar-refractivity contribution < 1.29 is 14.7 Å². The number of ketones is 1. The Bertz CT molecular complexity index is 1100. The van der Waals surface area contributed by atoms with Gasteiger partial charge >= 0.3 is 0 Å². The maximum Gasteiger partial charge on any atom is 0.295 e. The van der Waals surface area contributed by atoms with Crippen molar-refractivity contribution in [2.75, 3.05) is 27.2 Å². The van der Waals surface area contributed by atoms with Crippen molar-refractivity contribution in [2.45, 2.75) is 6.04 Å². The molecule has 6 heteroatoms. The van der Waals surface area contributed by atoms with Crippen molar-refractivity contribution in [2.24, 2.45) is 0 Å². The predicted octanol–water partition coefficient (Wildman–Crippen LogP) is 3.15. The summed E-state index contributed by atoms with van der Waals surface area (Å²) in [6.45, 7) is 1.01. The maximum atomic E-state index is 13.0. The van der Waals surface area contributed by atoms with E-state index in [9.17, 15) is 14.7 Å². The van der Waals surface area contributed by atoms with Gasteiger partial charge in [-0.2, -0.15) is 0 Å². The summed E-state index contributed by atoms with van der Waals surface area (Å²) in [6.07, 6.45) is 1.68. The molecule has 0 saturated carbocycles. The second-order valence-electron chi connectivity index (χ2n) is 7.45. The highest BCUT2D eigenvalue weighted by atomic mass is 16.3. The molecule has 0 bridgehead atoms. The van der Waals surface area contributed by atoms with E-state index in [4.69, 9.17) is 0 Å². The second kappa shape index (κ2) is 7.56. The van der Waals surface area contributed by atoms with Crippen molar-refractivity contribution in [1.29, 1.82) is 0 Å². The third kappa shape index (κ3) is 3.32. The Morgan fingerprint density at radius 1 is 1.07 bits per heavy atom. The Morgan fingerprint density at radius 2 is 1.76 bits per heavy atom. The van der Waals surface area contributed by atoms with Crippen molar-refractivity contribution in [3.8, 4) is 0 Å². The van der Waals surface area contributed by atoms with Gasteiger partial charge in [0.1, 0.15) is 5.76 Å². The standard InChI is InChI=1S/C23H23N3O3/c1-25(2)12-13-26-20(15-8-4-3-5-9-15)19(22(28)23(26)29)21(27)17-14-24-18-11-7-6-10-16(17)18/h3-11,14,20,24,27H,12-13H2,1-2H3. The van der Waals surface area contributed by atoms with Gasteiger partial charge in [0.2, 0.25) is 0 Å². The monoisotopic (exact) mass is 389 g/mol. The molecule has 1 aliphatic rings. The number of aromatic amines is 1. The number of carbonyl (C=O) groups excluding carboxylic acids is 2. The molecule has 1 atom stereocenters. The predicted molar refractivity (Wildman–Crippen MR) is 112 cm³/mol. The molecule has 1 aliphatic heterocycles. The van der Waals surface area contributed by atoms with Crippen LogP contribution in [0.25, 0.3) is 16.7 Å². The molecule has 6 nitrogen and oxygen atoms in total. The van der Waals surface area contributed by atoms with Gasteiger partial charge in [0.15, 0.2) is 0 Å². The number of Topliss-reactive ketones (excluding diaryl/α,β-unsaturated/α-hetero) is 1. The normalized spacial score (nSPS) is 18.9. The summed E-state index contributed by atoms with van der Waals surface area (Å²) in [4.78, 5) is 32.5. The van der Waals surface area contributed by atoms with Crippen molar-refractivity contribution in [1.82, 2.24) is 14.8 Å². The Balaban J connectivity index is 1.88. The van der Waals surface area contributed by atoms with Crippen LogP contribution in [-0.4, -0.2) is 58.8 Å². The molecule has 1 fully saturated rings. The smallest absolute Gasteiger partial charge is 0.295 e. The van der Waals surface area contributed by atoms with E-state index in [1.54, 1.807) is 11.1 Å². The summed E-state index contributed by atoms with van der Waals surface area (Å²) in [6, 6.07) is 16.3. The first-order valence-electron chi connectivity index (χ1n) is 9.53. The number of aliphatic hydroxyl groups is 1. The van der Waals surface area contributed by atoms with Gasteiger partial charge in [-0.15, -0.1) is 0 Å². The maximum absolute atomic E-state index is 13.0.